The highest BCUT2D eigenvalue weighted by Crippen LogP contribution is 2.26. The fraction of sp³-hybridized carbons (Fsp3) is 0.857. The van der Waals surface area contributed by atoms with Gasteiger partial charge >= 0.3 is 12.0 Å². The van der Waals surface area contributed by atoms with Gasteiger partial charge in [0.1, 0.15) is 0 Å². The molecule has 2 rings (SSSR count). The van der Waals surface area contributed by atoms with E-state index in [1.807, 2.05) is 6.92 Å². The maximum atomic E-state index is 12.1. The summed E-state index contributed by atoms with van der Waals surface area (Å²) < 4.78 is 0. The third kappa shape index (κ3) is 3.42. The molecule has 1 aliphatic carbocycles. The van der Waals surface area contributed by atoms with Gasteiger partial charge in [0.25, 0.3) is 0 Å². The highest BCUT2D eigenvalue weighted by molar-refractivity contribution is 5.78. The topological polar surface area (TPSA) is 72.9 Å². The summed E-state index contributed by atoms with van der Waals surface area (Å²) in [6.45, 7) is 7.00. The minimum atomic E-state index is -0.807. The van der Waals surface area contributed by atoms with E-state index < -0.39 is 11.9 Å². The van der Waals surface area contributed by atoms with Gasteiger partial charge in [-0.05, 0) is 32.7 Å². The molecule has 114 valence electrons. The van der Waals surface area contributed by atoms with E-state index in [0.29, 0.717) is 25.6 Å². The van der Waals surface area contributed by atoms with E-state index in [9.17, 15) is 9.59 Å². The van der Waals surface area contributed by atoms with Crippen molar-refractivity contribution < 1.29 is 14.7 Å². The molecule has 2 amide bonds. The first kappa shape index (κ1) is 15.1. The zero-order valence-electron chi connectivity index (χ0n) is 12.3. The van der Waals surface area contributed by atoms with Crippen LogP contribution in [0.25, 0.3) is 0 Å². The normalized spacial score (nSPS) is 26.1. The third-order valence-corrected chi connectivity index (χ3v) is 4.48. The number of aliphatic carboxylic acids is 1. The Bertz CT molecular complexity index is 371. The monoisotopic (exact) mass is 283 g/mol. The van der Waals surface area contributed by atoms with Crippen LogP contribution in [0.5, 0.6) is 0 Å². The van der Waals surface area contributed by atoms with Crippen LogP contribution in [0.15, 0.2) is 0 Å². The molecule has 6 nitrogen and oxygen atoms in total. The van der Waals surface area contributed by atoms with Gasteiger partial charge in [0.15, 0.2) is 0 Å². The molecule has 0 bridgehead atoms. The zero-order valence-corrected chi connectivity index (χ0v) is 12.3. The average molecular weight is 283 g/mol. The standard InChI is InChI=1S/C14H25N3O3/c1-3-16(11-4-5-11)9-7-15-14(20)17-8-6-12(10(17)2)13(18)19/h10-12H,3-9H2,1-2H3,(H,15,20)(H,18,19). The van der Waals surface area contributed by atoms with Crippen LogP contribution in [0.4, 0.5) is 4.79 Å². The van der Waals surface area contributed by atoms with Crippen molar-refractivity contribution in [3.63, 3.8) is 0 Å². The number of hydrogen-bond donors (Lipinski definition) is 2. The van der Waals surface area contributed by atoms with Crippen LogP contribution in [0, 0.1) is 5.92 Å². The van der Waals surface area contributed by atoms with Gasteiger partial charge in [-0.1, -0.05) is 6.92 Å². The first-order valence-electron chi connectivity index (χ1n) is 7.56. The molecule has 0 spiro atoms. The van der Waals surface area contributed by atoms with E-state index in [4.69, 9.17) is 5.11 Å². The lowest BCUT2D eigenvalue weighted by atomic mass is 10.0. The summed E-state index contributed by atoms with van der Waals surface area (Å²) in [5.74, 6) is -1.24. The van der Waals surface area contributed by atoms with Gasteiger partial charge in [-0.2, -0.15) is 0 Å². The predicted molar refractivity (Wildman–Crippen MR) is 75.6 cm³/mol. The van der Waals surface area contributed by atoms with Crippen molar-refractivity contribution in [3.05, 3.63) is 0 Å². The van der Waals surface area contributed by atoms with Crippen LogP contribution >= 0.6 is 0 Å². The lowest BCUT2D eigenvalue weighted by Gasteiger charge is -2.25. The average Bonchev–Trinajstić information content (AvgIpc) is 3.16. The van der Waals surface area contributed by atoms with E-state index in [-0.39, 0.29) is 12.1 Å². The van der Waals surface area contributed by atoms with Gasteiger partial charge in [0.05, 0.1) is 5.92 Å². The minimum Gasteiger partial charge on any atom is -0.481 e. The molecule has 1 saturated heterocycles. The highest BCUT2D eigenvalue weighted by atomic mass is 16.4. The van der Waals surface area contributed by atoms with Crippen molar-refractivity contribution in [1.29, 1.82) is 0 Å². The SMILES string of the molecule is CCN(CCNC(=O)N1CCC(C(=O)O)C1C)C1CC1. The summed E-state index contributed by atoms with van der Waals surface area (Å²) in [5, 5.41) is 12.0. The lowest BCUT2D eigenvalue weighted by Crippen LogP contribution is -2.46. The van der Waals surface area contributed by atoms with E-state index in [1.165, 1.54) is 12.8 Å². The Morgan fingerprint density at radius 1 is 1.35 bits per heavy atom. The van der Waals surface area contributed by atoms with Crippen molar-refractivity contribution in [2.45, 2.75) is 45.2 Å². The van der Waals surface area contributed by atoms with Gasteiger partial charge in [-0.15, -0.1) is 0 Å². The molecule has 6 heteroatoms. The van der Waals surface area contributed by atoms with Gasteiger partial charge in [-0.25, -0.2) is 4.79 Å². The fourth-order valence-electron chi connectivity index (χ4n) is 3.00. The Kier molecular flexibility index (Phi) is 4.86. The molecule has 0 aromatic rings. The molecule has 1 saturated carbocycles. The predicted octanol–water partition coefficient (Wildman–Crippen LogP) is 0.975. The van der Waals surface area contributed by atoms with Crippen LogP contribution in [0.1, 0.15) is 33.1 Å². The third-order valence-electron chi connectivity index (χ3n) is 4.48. The maximum absolute atomic E-state index is 12.1. The van der Waals surface area contributed by atoms with Crippen LogP contribution in [0.2, 0.25) is 0 Å². The number of carbonyl (C=O) groups is 2. The number of amides is 2. The number of likely N-dealkylation sites (N-methyl/N-ethyl adjacent to an activating group) is 1. The van der Waals surface area contributed by atoms with E-state index in [1.54, 1.807) is 4.90 Å². The first-order valence-corrected chi connectivity index (χ1v) is 7.56. The Labute approximate surface area is 120 Å². The molecule has 2 atom stereocenters. The zero-order chi connectivity index (χ0) is 14.7. The van der Waals surface area contributed by atoms with Gasteiger partial charge in [0, 0.05) is 31.7 Å². The molecule has 2 N–H and O–H groups in total. The Balaban J connectivity index is 1.73. The molecule has 0 aromatic carbocycles. The lowest BCUT2D eigenvalue weighted by molar-refractivity contribution is -0.142. The molecule has 0 radical (unpaired) electrons. The first-order chi connectivity index (χ1) is 9.54. The number of likely N-dealkylation sites (tertiary alicyclic amines) is 1. The van der Waals surface area contributed by atoms with Crippen LogP contribution < -0.4 is 5.32 Å². The summed E-state index contributed by atoms with van der Waals surface area (Å²) in [4.78, 5) is 27.1. The molecule has 1 heterocycles. The maximum Gasteiger partial charge on any atom is 0.317 e. The van der Waals surface area contributed by atoms with Crippen LogP contribution in [-0.4, -0.2) is 65.2 Å². The second-order valence-corrected chi connectivity index (χ2v) is 5.76. The molecule has 2 unspecified atom stereocenters. The van der Waals surface area contributed by atoms with Crippen LogP contribution in [0.3, 0.4) is 0 Å². The molecule has 2 fully saturated rings. The fourth-order valence-corrected chi connectivity index (χ4v) is 3.00. The number of nitrogens with one attached hydrogen (secondary N) is 1. The quantitative estimate of drug-likeness (QED) is 0.762. The number of rotatable bonds is 6. The van der Waals surface area contributed by atoms with E-state index in [0.717, 1.165) is 13.1 Å². The molecule has 2 aliphatic rings. The van der Waals surface area contributed by atoms with Crippen molar-refractivity contribution in [2.75, 3.05) is 26.2 Å². The number of carboxylic acid groups (broad SMARTS) is 1. The second-order valence-electron chi connectivity index (χ2n) is 5.76. The van der Waals surface area contributed by atoms with Crippen molar-refractivity contribution >= 4 is 12.0 Å². The Morgan fingerprint density at radius 2 is 2.05 bits per heavy atom. The van der Waals surface area contributed by atoms with E-state index in [2.05, 4.69) is 17.1 Å². The van der Waals surface area contributed by atoms with E-state index >= 15 is 0 Å². The number of carboxylic acids is 1. The number of carbonyl (C=O) groups excluding carboxylic acids is 1. The molecular formula is C14H25N3O3. The molecular weight excluding hydrogens is 258 g/mol. The second kappa shape index (κ2) is 6.43. The molecule has 20 heavy (non-hydrogen) atoms. The minimum absolute atomic E-state index is 0.131. The van der Waals surface area contributed by atoms with Gasteiger partial charge in [0.2, 0.25) is 0 Å². The summed E-state index contributed by atoms with van der Waals surface area (Å²) in [5.41, 5.74) is 0. The van der Waals surface area contributed by atoms with Crippen molar-refractivity contribution in [1.82, 2.24) is 15.1 Å². The highest BCUT2D eigenvalue weighted by Gasteiger charge is 2.38. The summed E-state index contributed by atoms with van der Waals surface area (Å²) >= 11 is 0. The summed E-state index contributed by atoms with van der Waals surface area (Å²) in [6.07, 6.45) is 3.09. The molecule has 0 aromatic heterocycles. The number of urea groups is 1. The van der Waals surface area contributed by atoms with Crippen molar-refractivity contribution in [2.24, 2.45) is 5.92 Å². The van der Waals surface area contributed by atoms with Crippen LogP contribution in [-0.2, 0) is 4.79 Å². The molecule has 1 aliphatic heterocycles. The smallest absolute Gasteiger partial charge is 0.317 e. The number of nitrogens with zero attached hydrogens (tertiary/aromatic N) is 2. The summed E-state index contributed by atoms with van der Waals surface area (Å²) in [6, 6.07) is 0.352. The summed E-state index contributed by atoms with van der Waals surface area (Å²) in [7, 11) is 0. The Hall–Kier alpha value is -1.30. The van der Waals surface area contributed by atoms with Crippen molar-refractivity contribution in [3.8, 4) is 0 Å². The number of hydrogen-bond acceptors (Lipinski definition) is 3. The Morgan fingerprint density at radius 3 is 2.55 bits per heavy atom. The van der Waals surface area contributed by atoms with Gasteiger partial charge in [-0.3, -0.25) is 9.69 Å². The largest absolute Gasteiger partial charge is 0.481 e. The van der Waals surface area contributed by atoms with Gasteiger partial charge < -0.3 is 15.3 Å².